The van der Waals surface area contributed by atoms with Crippen LogP contribution in [0.2, 0.25) is 0 Å². The Hall–Kier alpha value is -1.46. The molecule has 4 nitrogen and oxygen atoms in total. The molecule has 0 amide bonds. The SMILES string of the molecule is CCC1CN(Cc2cccc(C(=O)O)c2F)CCN1C. The van der Waals surface area contributed by atoms with E-state index < -0.39 is 11.8 Å². The van der Waals surface area contributed by atoms with E-state index in [1.54, 1.807) is 12.1 Å². The summed E-state index contributed by atoms with van der Waals surface area (Å²) >= 11 is 0. The standard InChI is InChI=1S/C15H21FN2O2/c1-3-12-10-18(8-7-17(12)2)9-11-5-4-6-13(14(11)16)15(19)20/h4-6,12H,3,7-10H2,1-2H3,(H,19,20). The molecule has 0 aliphatic carbocycles. The molecule has 2 rings (SSSR count). The second-order valence-electron chi connectivity index (χ2n) is 5.36. The highest BCUT2D eigenvalue weighted by Gasteiger charge is 2.24. The molecule has 0 bridgehead atoms. The van der Waals surface area contributed by atoms with Crippen LogP contribution < -0.4 is 0 Å². The third-order valence-corrected chi connectivity index (χ3v) is 4.04. The van der Waals surface area contributed by atoms with Gasteiger partial charge < -0.3 is 10.0 Å². The Kier molecular flexibility index (Phi) is 4.73. The van der Waals surface area contributed by atoms with Gasteiger partial charge >= 0.3 is 5.97 Å². The first-order valence-corrected chi connectivity index (χ1v) is 6.96. The van der Waals surface area contributed by atoms with Crippen molar-refractivity contribution in [2.24, 2.45) is 0 Å². The molecule has 1 N–H and O–H groups in total. The van der Waals surface area contributed by atoms with Crippen LogP contribution in [-0.4, -0.2) is 53.6 Å². The van der Waals surface area contributed by atoms with E-state index in [1.165, 1.54) is 6.07 Å². The third-order valence-electron chi connectivity index (χ3n) is 4.04. The van der Waals surface area contributed by atoms with Crippen LogP contribution in [0.15, 0.2) is 18.2 Å². The molecule has 0 aromatic heterocycles. The van der Waals surface area contributed by atoms with Crippen LogP contribution in [0.25, 0.3) is 0 Å². The van der Waals surface area contributed by atoms with Gasteiger partial charge in [0.05, 0.1) is 5.56 Å². The Morgan fingerprint density at radius 1 is 1.45 bits per heavy atom. The van der Waals surface area contributed by atoms with Crippen LogP contribution in [0.3, 0.4) is 0 Å². The van der Waals surface area contributed by atoms with E-state index in [1.807, 2.05) is 0 Å². The van der Waals surface area contributed by atoms with Gasteiger partial charge in [0.2, 0.25) is 0 Å². The topological polar surface area (TPSA) is 43.8 Å². The van der Waals surface area contributed by atoms with Crippen LogP contribution >= 0.6 is 0 Å². The van der Waals surface area contributed by atoms with Gasteiger partial charge in [-0.3, -0.25) is 4.90 Å². The van der Waals surface area contributed by atoms with Crippen LogP contribution in [0.4, 0.5) is 4.39 Å². The molecule has 110 valence electrons. The van der Waals surface area contributed by atoms with Gasteiger partial charge in [-0.2, -0.15) is 0 Å². The Morgan fingerprint density at radius 2 is 2.20 bits per heavy atom. The van der Waals surface area contributed by atoms with Gasteiger partial charge in [0, 0.05) is 37.8 Å². The molecule has 0 radical (unpaired) electrons. The van der Waals surface area contributed by atoms with Gasteiger partial charge in [0.1, 0.15) is 5.82 Å². The fourth-order valence-corrected chi connectivity index (χ4v) is 2.70. The number of benzene rings is 1. The van der Waals surface area contributed by atoms with Crippen molar-refractivity contribution >= 4 is 5.97 Å². The van der Waals surface area contributed by atoms with E-state index in [9.17, 15) is 9.18 Å². The Morgan fingerprint density at radius 3 is 2.85 bits per heavy atom. The van der Waals surface area contributed by atoms with Gasteiger partial charge in [-0.05, 0) is 19.5 Å². The second kappa shape index (κ2) is 6.33. The number of likely N-dealkylation sites (N-methyl/N-ethyl adjacent to an activating group) is 1. The summed E-state index contributed by atoms with van der Waals surface area (Å²) in [5.74, 6) is -1.82. The molecule has 1 heterocycles. The van der Waals surface area contributed by atoms with Gasteiger partial charge in [0.15, 0.2) is 0 Å². The summed E-state index contributed by atoms with van der Waals surface area (Å²) in [6, 6.07) is 5.06. The lowest BCUT2D eigenvalue weighted by Crippen LogP contribution is -2.50. The van der Waals surface area contributed by atoms with E-state index in [0.717, 1.165) is 26.1 Å². The van der Waals surface area contributed by atoms with E-state index in [4.69, 9.17) is 5.11 Å². The monoisotopic (exact) mass is 280 g/mol. The molecular formula is C15H21FN2O2. The second-order valence-corrected chi connectivity index (χ2v) is 5.36. The molecule has 5 heteroatoms. The number of carbonyl (C=O) groups is 1. The number of carboxylic acids is 1. The summed E-state index contributed by atoms with van der Waals surface area (Å²) < 4.78 is 14.1. The van der Waals surface area contributed by atoms with Crippen LogP contribution in [0.1, 0.15) is 29.3 Å². The zero-order valence-corrected chi connectivity index (χ0v) is 12.0. The molecule has 1 aliphatic heterocycles. The smallest absolute Gasteiger partial charge is 0.338 e. The fraction of sp³-hybridized carbons (Fsp3) is 0.533. The van der Waals surface area contributed by atoms with Crippen molar-refractivity contribution < 1.29 is 14.3 Å². The van der Waals surface area contributed by atoms with Gasteiger partial charge in [-0.15, -0.1) is 0 Å². The Labute approximate surface area is 118 Å². The average Bonchev–Trinajstić information content (AvgIpc) is 2.42. The predicted molar refractivity (Wildman–Crippen MR) is 75.3 cm³/mol. The van der Waals surface area contributed by atoms with E-state index >= 15 is 0 Å². The van der Waals surface area contributed by atoms with Crippen molar-refractivity contribution in [1.82, 2.24) is 9.80 Å². The highest BCUT2D eigenvalue weighted by Crippen LogP contribution is 2.18. The molecule has 1 unspecified atom stereocenters. The normalized spacial score (nSPS) is 21.1. The third kappa shape index (κ3) is 3.16. The maximum atomic E-state index is 14.1. The number of rotatable bonds is 4. The molecule has 0 spiro atoms. The lowest BCUT2D eigenvalue weighted by atomic mass is 10.1. The van der Waals surface area contributed by atoms with Crippen LogP contribution in [-0.2, 0) is 6.54 Å². The minimum atomic E-state index is -1.21. The zero-order valence-electron chi connectivity index (χ0n) is 12.0. The van der Waals surface area contributed by atoms with Crippen molar-refractivity contribution in [3.05, 3.63) is 35.1 Å². The predicted octanol–water partition coefficient (Wildman–Crippen LogP) is 2.05. The minimum Gasteiger partial charge on any atom is -0.478 e. The number of aromatic carboxylic acids is 1. The molecule has 1 aromatic rings. The van der Waals surface area contributed by atoms with Gasteiger partial charge in [-0.1, -0.05) is 19.1 Å². The minimum absolute atomic E-state index is 0.247. The Bertz CT molecular complexity index is 493. The number of nitrogens with zero attached hydrogens (tertiary/aromatic N) is 2. The van der Waals surface area contributed by atoms with E-state index in [0.29, 0.717) is 18.2 Å². The summed E-state index contributed by atoms with van der Waals surface area (Å²) in [5.41, 5.74) is 0.216. The summed E-state index contributed by atoms with van der Waals surface area (Å²) in [7, 11) is 2.11. The molecular weight excluding hydrogens is 259 g/mol. The van der Waals surface area contributed by atoms with E-state index in [-0.39, 0.29) is 5.56 Å². The number of hydrogen-bond donors (Lipinski definition) is 1. The summed E-state index contributed by atoms with van der Waals surface area (Å²) in [4.78, 5) is 15.5. The number of piperazine rings is 1. The first-order valence-electron chi connectivity index (χ1n) is 6.96. The maximum Gasteiger partial charge on any atom is 0.338 e. The molecule has 1 aromatic carbocycles. The van der Waals surface area contributed by atoms with E-state index in [2.05, 4.69) is 23.8 Å². The number of halogens is 1. The van der Waals surface area contributed by atoms with Crippen molar-refractivity contribution in [2.75, 3.05) is 26.7 Å². The van der Waals surface area contributed by atoms with Crippen molar-refractivity contribution in [3.8, 4) is 0 Å². The first kappa shape index (κ1) is 14.9. The van der Waals surface area contributed by atoms with Crippen LogP contribution in [0.5, 0.6) is 0 Å². The highest BCUT2D eigenvalue weighted by molar-refractivity contribution is 5.88. The van der Waals surface area contributed by atoms with Crippen molar-refractivity contribution in [2.45, 2.75) is 25.9 Å². The average molecular weight is 280 g/mol. The zero-order chi connectivity index (χ0) is 14.7. The lowest BCUT2D eigenvalue weighted by molar-refractivity contribution is 0.0690. The molecule has 1 atom stereocenters. The molecule has 0 saturated carbocycles. The molecule has 1 saturated heterocycles. The maximum absolute atomic E-state index is 14.1. The molecule has 20 heavy (non-hydrogen) atoms. The largest absolute Gasteiger partial charge is 0.478 e. The lowest BCUT2D eigenvalue weighted by Gasteiger charge is -2.39. The van der Waals surface area contributed by atoms with Gasteiger partial charge in [-0.25, -0.2) is 9.18 Å². The van der Waals surface area contributed by atoms with Gasteiger partial charge in [0.25, 0.3) is 0 Å². The van der Waals surface area contributed by atoms with Crippen molar-refractivity contribution in [1.29, 1.82) is 0 Å². The summed E-state index contributed by atoms with van der Waals surface area (Å²) in [5, 5.41) is 8.95. The van der Waals surface area contributed by atoms with Crippen LogP contribution in [0, 0.1) is 5.82 Å². The first-order chi connectivity index (χ1) is 9.52. The summed E-state index contributed by atoms with van der Waals surface area (Å²) in [6.45, 7) is 5.35. The Balaban J connectivity index is 2.11. The number of carboxylic acid groups (broad SMARTS) is 1. The summed E-state index contributed by atoms with van der Waals surface area (Å²) in [6.07, 6.45) is 1.06. The molecule has 1 fully saturated rings. The highest BCUT2D eigenvalue weighted by atomic mass is 19.1. The van der Waals surface area contributed by atoms with Crippen molar-refractivity contribution in [3.63, 3.8) is 0 Å². The fourth-order valence-electron chi connectivity index (χ4n) is 2.70. The quantitative estimate of drug-likeness (QED) is 0.916. The number of hydrogen-bond acceptors (Lipinski definition) is 3. The molecule has 1 aliphatic rings.